The van der Waals surface area contributed by atoms with Crippen molar-refractivity contribution in [3.63, 3.8) is 0 Å². The number of para-hydroxylation sites is 2. The maximum atomic E-state index is 12.8. The molecule has 6 heteroatoms. The molecule has 1 aromatic carbocycles. The summed E-state index contributed by atoms with van der Waals surface area (Å²) < 4.78 is 5.42. The molecule has 0 aliphatic carbocycles. The highest BCUT2D eigenvalue weighted by Crippen LogP contribution is 2.31. The minimum atomic E-state index is -0.121. The van der Waals surface area contributed by atoms with Crippen molar-refractivity contribution in [1.82, 2.24) is 9.88 Å². The average molecular weight is 355 g/mol. The molecule has 0 radical (unpaired) electrons. The van der Waals surface area contributed by atoms with Gasteiger partial charge in [-0.1, -0.05) is 31.9 Å². The Morgan fingerprint density at radius 1 is 1.27 bits per heavy atom. The van der Waals surface area contributed by atoms with E-state index in [-0.39, 0.29) is 24.4 Å². The number of aromatic amines is 1. The molecule has 0 spiro atoms. The molecule has 0 unspecified atom stereocenters. The van der Waals surface area contributed by atoms with Crippen LogP contribution in [0.4, 0.5) is 5.69 Å². The quantitative estimate of drug-likeness (QED) is 0.866. The van der Waals surface area contributed by atoms with Gasteiger partial charge in [-0.15, -0.1) is 0 Å². The second-order valence-electron chi connectivity index (χ2n) is 6.49. The maximum Gasteiger partial charge on any atom is 0.271 e. The van der Waals surface area contributed by atoms with Gasteiger partial charge in [-0.05, 0) is 30.7 Å². The van der Waals surface area contributed by atoms with Gasteiger partial charge in [0.2, 0.25) is 5.91 Å². The van der Waals surface area contributed by atoms with Gasteiger partial charge >= 0.3 is 0 Å². The Hall–Kier alpha value is -2.76. The maximum absolute atomic E-state index is 12.8. The first-order chi connectivity index (χ1) is 12.7. The monoisotopic (exact) mass is 355 g/mol. The zero-order valence-electron chi connectivity index (χ0n) is 15.3. The molecule has 6 nitrogen and oxygen atoms in total. The van der Waals surface area contributed by atoms with Crippen LogP contribution in [0.25, 0.3) is 0 Å². The van der Waals surface area contributed by atoms with E-state index in [2.05, 4.69) is 11.9 Å². The van der Waals surface area contributed by atoms with Crippen molar-refractivity contribution in [3.8, 4) is 5.75 Å². The van der Waals surface area contributed by atoms with E-state index < -0.39 is 0 Å². The number of nitrogens with zero attached hydrogens (tertiary/aromatic N) is 2. The Morgan fingerprint density at radius 3 is 2.77 bits per heavy atom. The largest absolute Gasteiger partial charge is 0.495 e. The second-order valence-corrected chi connectivity index (χ2v) is 6.49. The lowest BCUT2D eigenvalue weighted by atomic mass is 10.0. The van der Waals surface area contributed by atoms with Gasteiger partial charge in [0.15, 0.2) is 0 Å². The number of hydrogen-bond acceptors (Lipinski definition) is 3. The number of benzene rings is 1. The Balaban J connectivity index is 1.87. The summed E-state index contributed by atoms with van der Waals surface area (Å²) in [5, 5.41) is 0. The van der Waals surface area contributed by atoms with E-state index in [1.807, 2.05) is 24.3 Å². The molecule has 1 aliphatic rings. The summed E-state index contributed by atoms with van der Waals surface area (Å²) in [5.74, 6) is 0.450. The highest BCUT2D eigenvalue weighted by Gasteiger charge is 2.36. The van der Waals surface area contributed by atoms with Crippen LogP contribution in [0.5, 0.6) is 5.75 Å². The summed E-state index contributed by atoms with van der Waals surface area (Å²) in [7, 11) is 1.60. The SMILES string of the molecule is CCCC[C@@H]1CN(c2ccccc2OC)C(=O)CN1C(=O)c1ccc[nH]1. The number of rotatable bonds is 6. The summed E-state index contributed by atoms with van der Waals surface area (Å²) in [6, 6.07) is 11.0. The number of carbonyl (C=O) groups is 2. The first-order valence-electron chi connectivity index (χ1n) is 9.03. The Labute approximate surface area is 153 Å². The fraction of sp³-hybridized carbons (Fsp3) is 0.400. The summed E-state index contributed by atoms with van der Waals surface area (Å²) in [4.78, 5) is 32.1. The van der Waals surface area contributed by atoms with E-state index >= 15 is 0 Å². The van der Waals surface area contributed by atoms with Crippen LogP contribution in [0, 0.1) is 0 Å². The number of unbranched alkanes of at least 4 members (excludes halogenated alkanes) is 1. The smallest absolute Gasteiger partial charge is 0.271 e. The summed E-state index contributed by atoms with van der Waals surface area (Å²) in [6.45, 7) is 2.68. The van der Waals surface area contributed by atoms with Crippen LogP contribution in [0.3, 0.4) is 0 Å². The van der Waals surface area contributed by atoms with Crippen LogP contribution in [0.2, 0.25) is 0 Å². The fourth-order valence-corrected chi connectivity index (χ4v) is 3.40. The summed E-state index contributed by atoms with van der Waals surface area (Å²) in [5.41, 5.74) is 1.28. The van der Waals surface area contributed by atoms with E-state index in [4.69, 9.17) is 4.74 Å². The molecule has 0 bridgehead atoms. The van der Waals surface area contributed by atoms with Gasteiger partial charge in [-0.25, -0.2) is 0 Å². The van der Waals surface area contributed by atoms with E-state index in [1.54, 1.807) is 35.2 Å². The van der Waals surface area contributed by atoms with Crippen molar-refractivity contribution in [3.05, 3.63) is 48.3 Å². The van der Waals surface area contributed by atoms with Crippen molar-refractivity contribution < 1.29 is 14.3 Å². The van der Waals surface area contributed by atoms with Crippen molar-refractivity contribution in [2.45, 2.75) is 32.2 Å². The molecular weight excluding hydrogens is 330 g/mol. The third kappa shape index (κ3) is 3.59. The van der Waals surface area contributed by atoms with Gasteiger partial charge in [0.1, 0.15) is 18.0 Å². The van der Waals surface area contributed by atoms with Crippen LogP contribution in [-0.4, -0.2) is 47.9 Å². The number of carbonyl (C=O) groups excluding carboxylic acids is 2. The second kappa shape index (κ2) is 8.08. The molecule has 1 aromatic heterocycles. The number of piperazine rings is 1. The van der Waals surface area contributed by atoms with E-state index in [9.17, 15) is 9.59 Å². The van der Waals surface area contributed by atoms with Crippen LogP contribution in [0.15, 0.2) is 42.6 Å². The predicted molar refractivity (Wildman–Crippen MR) is 100 cm³/mol. The first-order valence-corrected chi connectivity index (χ1v) is 9.03. The van der Waals surface area contributed by atoms with E-state index in [1.165, 1.54) is 0 Å². The van der Waals surface area contributed by atoms with Crippen molar-refractivity contribution >= 4 is 17.5 Å². The summed E-state index contributed by atoms with van der Waals surface area (Å²) >= 11 is 0. The van der Waals surface area contributed by atoms with Crippen molar-refractivity contribution in [2.24, 2.45) is 0 Å². The molecule has 2 aromatic rings. The zero-order valence-corrected chi connectivity index (χ0v) is 15.3. The number of H-pyrrole nitrogens is 1. The number of nitrogens with one attached hydrogen (secondary N) is 1. The van der Waals surface area contributed by atoms with Crippen LogP contribution in [0.1, 0.15) is 36.7 Å². The van der Waals surface area contributed by atoms with Gasteiger partial charge in [0.25, 0.3) is 5.91 Å². The highest BCUT2D eigenvalue weighted by atomic mass is 16.5. The number of amides is 2. The topological polar surface area (TPSA) is 65.6 Å². The standard InChI is InChI=1S/C20H25N3O3/c1-3-4-8-15-13-23(17-10-5-6-11-18(17)26-2)19(24)14-22(15)20(25)16-9-7-12-21-16/h5-7,9-12,15,21H,3-4,8,13-14H2,1-2H3/t15-/m1/s1. The number of methoxy groups -OCH3 is 1. The third-order valence-corrected chi connectivity index (χ3v) is 4.80. The van der Waals surface area contributed by atoms with Gasteiger partial charge in [-0.2, -0.15) is 0 Å². The average Bonchev–Trinajstić information content (AvgIpc) is 3.21. The normalized spacial score (nSPS) is 17.5. The number of hydrogen-bond donors (Lipinski definition) is 1. The minimum Gasteiger partial charge on any atom is -0.495 e. The molecule has 1 fully saturated rings. The van der Waals surface area contributed by atoms with Gasteiger partial charge in [0, 0.05) is 12.7 Å². The van der Waals surface area contributed by atoms with Gasteiger partial charge in [0.05, 0.1) is 18.8 Å². The molecular formula is C20H25N3O3. The third-order valence-electron chi connectivity index (χ3n) is 4.80. The Morgan fingerprint density at radius 2 is 2.08 bits per heavy atom. The predicted octanol–water partition coefficient (Wildman–Crippen LogP) is 3.07. The van der Waals surface area contributed by atoms with Crippen LogP contribution in [-0.2, 0) is 4.79 Å². The fourth-order valence-electron chi connectivity index (χ4n) is 3.40. The Bertz CT molecular complexity index is 757. The first kappa shape index (κ1) is 18.0. The molecule has 1 saturated heterocycles. The number of ether oxygens (including phenoxy) is 1. The van der Waals surface area contributed by atoms with E-state index in [0.717, 1.165) is 24.9 Å². The van der Waals surface area contributed by atoms with Crippen molar-refractivity contribution in [2.75, 3.05) is 25.1 Å². The van der Waals surface area contributed by atoms with Crippen molar-refractivity contribution in [1.29, 1.82) is 0 Å². The molecule has 1 atom stereocenters. The van der Waals surface area contributed by atoms with Crippen LogP contribution < -0.4 is 9.64 Å². The molecule has 1 N–H and O–H groups in total. The van der Waals surface area contributed by atoms with Gasteiger partial charge < -0.3 is 19.5 Å². The highest BCUT2D eigenvalue weighted by molar-refractivity contribution is 6.02. The molecule has 2 amide bonds. The lowest BCUT2D eigenvalue weighted by Gasteiger charge is -2.41. The number of aromatic nitrogens is 1. The van der Waals surface area contributed by atoms with E-state index in [0.29, 0.717) is 18.0 Å². The molecule has 26 heavy (non-hydrogen) atoms. The molecule has 138 valence electrons. The molecule has 1 aliphatic heterocycles. The number of anilines is 1. The molecule has 3 rings (SSSR count). The minimum absolute atomic E-state index is 0.0200. The summed E-state index contributed by atoms with van der Waals surface area (Å²) in [6.07, 6.45) is 4.64. The lowest BCUT2D eigenvalue weighted by Crippen LogP contribution is -2.58. The lowest BCUT2D eigenvalue weighted by molar-refractivity contribution is -0.121. The molecule has 2 heterocycles. The molecule has 0 saturated carbocycles. The van der Waals surface area contributed by atoms with Gasteiger partial charge in [-0.3, -0.25) is 9.59 Å². The Kier molecular flexibility index (Phi) is 5.61. The van der Waals surface area contributed by atoms with Crippen LogP contribution >= 0.6 is 0 Å². The zero-order chi connectivity index (χ0) is 18.5.